The zero-order valence-corrected chi connectivity index (χ0v) is 12.5. The molecule has 1 N–H and O–H groups in total. The first-order valence-electron chi connectivity index (χ1n) is 6.83. The number of hydrogen-bond acceptors (Lipinski definition) is 3. The second kappa shape index (κ2) is 7.36. The van der Waals surface area contributed by atoms with Gasteiger partial charge in [0.2, 0.25) is 0 Å². The van der Waals surface area contributed by atoms with E-state index in [0.29, 0.717) is 5.56 Å². The van der Waals surface area contributed by atoms with Crippen LogP contribution in [0.3, 0.4) is 0 Å². The van der Waals surface area contributed by atoms with E-state index < -0.39 is 0 Å². The molecule has 0 saturated heterocycles. The molecule has 0 spiro atoms. The van der Waals surface area contributed by atoms with Crippen molar-refractivity contribution in [1.29, 1.82) is 0 Å². The number of rotatable bonds is 5. The number of para-hydroxylation sites is 1. The summed E-state index contributed by atoms with van der Waals surface area (Å²) in [5, 5.41) is 6.45. The second-order valence-electron chi connectivity index (χ2n) is 4.88. The average Bonchev–Trinajstić information content (AvgIpc) is 2.48. The molecule has 0 aliphatic carbocycles. The summed E-state index contributed by atoms with van der Waals surface area (Å²) in [5.74, 6) is -0.648. The van der Waals surface area contributed by atoms with Crippen molar-refractivity contribution in [3.8, 4) is 0 Å². The van der Waals surface area contributed by atoms with E-state index in [9.17, 15) is 9.18 Å². The van der Waals surface area contributed by atoms with Crippen LogP contribution in [0, 0.1) is 19.7 Å². The Kier molecular flexibility index (Phi) is 5.25. The molecule has 5 heteroatoms. The maximum Gasteiger partial charge on any atom is 0.265 e. The Balaban J connectivity index is 1.86. The van der Waals surface area contributed by atoms with Crippen molar-refractivity contribution < 1.29 is 14.0 Å². The van der Waals surface area contributed by atoms with Gasteiger partial charge in [-0.05, 0) is 42.7 Å². The van der Waals surface area contributed by atoms with Crippen molar-refractivity contribution >= 4 is 17.8 Å². The maximum absolute atomic E-state index is 13.0. The lowest BCUT2D eigenvalue weighted by atomic mass is 10.1. The average molecular weight is 300 g/mol. The fraction of sp³-hybridized carbons (Fsp3) is 0.176. The number of oxime groups is 1. The Hall–Kier alpha value is -2.69. The van der Waals surface area contributed by atoms with Crippen molar-refractivity contribution in [2.45, 2.75) is 13.8 Å². The minimum absolute atomic E-state index is 0.209. The summed E-state index contributed by atoms with van der Waals surface area (Å²) in [5.41, 5.74) is 3.31. The highest BCUT2D eigenvalue weighted by atomic mass is 19.1. The molecule has 0 fully saturated rings. The predicted octanol–water partition coefficient (Wildman–Crippen LogP) is 3.43. The zero-order valence-electron chi connectivity index (χ0n) is 12.5. The number of aryl methyl sites for hydroxylation is 2. The van der Waals surface area contributed by atoms with Crippen molar-refractivity contribution in [3.05, 3.63) is 65.0 Å². The van der Waals surface area contributed by atoms with Crippen LogP contribution in [0.25, 0.3) is 0 Å². The number of halogens is 1. The van der Waals surface area contributed by atoms with Gasteiger partial charge < -0.3 is 10.2 Å². The van der Waals surface area contributed by atoms with Crippen molar-refractivity contribution in [2.24, 2.45) is 5.16 Å². The van der Waals surface area contributed by atoms with Crippen LogP contribution in [0.15, 0.2) is 47.6 Å². The highest BCUT2D eigenvalue weighted by Crippen LogP contribution is 2.19. The van der Waals surface area contributed by atoms with Gasteiger partial charge in [-0.15, -0.1) is 0 Å². The van der Waals surface area contributed by atoms with Crippen LogP contribution >= 0.6 is 0 Å². The van der Waals surface area contributed by atoms with E-state index in [0.717, 1.165) is 16.8 Å². The van der Waals surface area contributed by atoms with E-state index in [-0.39, 0.29) is 18.3 Å². The number of nitrogens with zero attached hydrogens (tertiary/aromatic N) is 1. The quantitative estimate of drug-likeness (QED) is 0.679. The van der Waals surface area contributed by atoms with Crippen LogP contribution in [0.1, 0.15) is 16.7 Å². The zero-order chi connectivity index (χ0) is 15.9. The molecule has 2 aromatic carbocycles. The highest BCUT2D eigenvalue weighted by Gasteiger charge is 2.07. The molecule has 0 radical (unpaired) electrons. The number of benzene rings is 2. The predicted molar refractivity (Wildman–Crippen MR) is 84.5 cm³/mol. The Morgan fingerprint density at radius 1 is 1.23 bits per heavy atom. The van der Waals surface area contributed by atoms with E-state index in [1.54, 1.807) is 12.1 Å². The van der Waals surface area contributed by atoms with Gasteiger partial charge in [-0.1, -0.05) is 35.5 Å². The third kappa shape index (κ3) is 4.41. The molecule has 4 nitrogen and oxygen atoms in total. The molecule has 2 rings (SSSR count). The van der Waals surface area contributed by atoms with E-state index in [2.05, 4.69) is 10.5 Å². The molecule has 0 saturated carbocycles. The minimum atomic E-state index is -0.350. The first kappa shape index (κ1) is 15.7. The van der Waals surface area contributed by atoms with Crippen LogP contribution in [-0.4, -0.2) is 18.7 Å². The number of anilines is 1. The summed E-state index contributed by atoms with van der Waals surface area (Å²) in [4.78, 5) is 16.7. The van der Waals surface area contributed by atoms with Gasteiger partial charge in [0.15, 0.2) is 6.61 Å². The summed E-state index contributed by atoms with van der Waals surface area (Å²) in [7, 11) is 0. The van der Waals surface area contributed by atoms with Crippen molar-refractivity contribution in [3.63, 3.8) is 0 Å². The third-order valence-corrected chi connectivity index (χ3v) is 3.07. The molecule has 114 valence electrons. The van der Waals surface area contributed by atoms with Crippen LogP contribution in [-0.2, 0) is 9.63 Å². The lowest BCUT2D eigenvalue weighted by Gasteiger charge is -2.10. The lowest BCUT2D eigenvalue weighted by Crippen LogP contribution is -2.18. The van der Waals surface area contributed by atoms with Crippen LogP contribution in [0.4, 0.5) is 10.1 Å². The number of carbonyl (C=O) groups excluding carboxylic acids is 1. The Labute approximate surface area is 128 Å². The van der Waals surface area contributed by atoms with E-state index in [1.165, 1.54) is 18.3 Å². The smallest absolute Gasteiger partial charge is 0.265 e. The Morgan fingerprint density at radius 3 is 2.59 bits per heavy atom. The van der Waals surface area contributed by atoms with Crippen LogP contribution in [0.2, 0.25) is 0 Å². The van der Waals surface area contributed by atoms with Crippen LogP contribution < -0.4 is 5.32 Å². The Bertz CT molecular complexity index is 679. The lowest BCUT2D eigenvalue weighted by molar-refractivity contribution is -0.120. The molecule has 0 heterocycles. The molecule has 0 atom stereocenters. The number of hydrogen-bond donors (Lipinski definition) is 1. The summed E-state index contributed by atoms with van der Waals surface area (Å²) in [6.07, 6.45) is 1.36. The van der Waals surface area contributed by atoms with Crippen LogP contribution in [0.5, 0.6) is 0 Å². The largest absolute Gasteiger partial charge is 0.386 e. The van der Waals surface area contributed by atoms with E-state index >= 15 is 0 Å². The van der Waals surface area contributed by atoms with Crippen molar-refractivity contribution in [2.75, 3.05) is 11.9 Å². The summed E-state index contributed by atoms with van der Waals surface area (Å²) >= 11 is 0. The standard InChI is InChI=1S/C17H17FN2O2/c1-12-5-3-6-13(2)17(12)20-16(21)11-22-19-10-14-7-4-8-15(18)9-14/h3-10H,11H2,1-2H3,(H,20,21)/b19-10-. The summed E-state index contributed by atoms with van der Waals surface area (Å²) < 4.78 is 13.0. The minimum Gasteiger partial charge on any atom is -0.386 e. The molecule has 22 heavy (non-hydrogen) atoms. The van der Waals surface area contributed by atoms with Crippen molar-refractivity contribution in [1.82, 2.24) is 0 Å². The topological polar surface area (TPSA) is 50.7 Å². The molecule has 2 aromatic rings. The van der Waals surface area contributed by atoms with Gasteiger partial charge in [-0.25, -0.2) is 4.39 Å². The van der Waals surface area contributed by atoms with E-state index in [4.69, 9.17) is 4.84 Å². The fourth-order valence-corrected chi connectivity index (χ4v) is 1.97. The van der Waals surface area contributed by atoms with Gasteiger partial charge in [0.1, 0.15) is 5.82 Å². The fourth-order valence-electron chi connectivity index (χ4n) is 1.97. The Morgan fingerprint density at radius 2 is 1.91 bits per heavy atom. The maximum atomic E-state index is 13.0. The number of nitrogens with one attached hydrogen (secondary N) is 1. The van der Waals surface area contributed by atoms with Gasteiger partial charge >= 0.3 is 0 Å². The first-order chi connectivity index (χ1) is 10.6. The molecule has 0 aliphatic heterocycles. The summed E-state index contributed by atoms with van der Waals surface area (Å²) in [6, 6.07) is 11.7. The van der Waals surface area contributed by atoms with Gasteiger partial charge in [0.05, 0.1) is 6.21 Å². The summed E-state index contributed by atoms with van der Waals surface area (Å²) in [6.45, 7) is 3.64. The molecule has 0 unspecified atom stereocenters. The molecule has 1 amide bonds. The SMILES string of the molecule is Cc1cccc(C)c1NC(=O)CO/N=C\c1cccc(F)c1. The second-order valence-corrected chi connectivity index (χ2v) is 4.88. The monoisotopic (exact) mass is 300 g/mol. The van der Waals surface area contributed by atoms with Gasteiger partial charge in [-0.3, -0.25) is 4.79 Å². The van der Waals surface area contributed by atoms with Gasteiger partial charge in [-0.2, -0.15) is 0 Å². The highest BCUT2D eigenvalue weighted by molar-refractivity contribution is 5.93. The molecule has 0 bridgehead atoms. The molecule has 0 aromatic heterocycles. The third-order valence-electron chi connectivity index (χ3n) is 3.07. The first-order valence-corrected chi connectivity index (χ1v) is 6.83. The molecular weight excluding hydrogens is 283 g/mol. The normalized spacial score (nSPS) is 10.7. The van der Waals surface area contributed by atoms with Gasteiger partial charge in [0, 0.05) is 5.69 Å². The number of amides is 1. The molecule has 0 aliphatic rings. The van der Waals surface area contributed by atoms with Gasteiger partial charge in [0.25, 0.3) is 5.91 Å². The number of carbonyl (C=O) groups is 1. The molecular formula is C17H17FN2O2. The van der Waals surface area contributed by atoms with E-state index in [1.807, 2.05) is 32.0 Å².